The van der Waals surface area contributed by atoms with E-state index in [-0.39, 0.29) is 11.2 Å². The van der Waals surface area contributed by atoms with Crippen LogP contribution in [0.25, 0.3) is 0 Å². The van der Waals surface area contributed by atoms with E-state index in [1.165, 1.54) is 11.8 Å². The van der Waals surface area contributed by atoms with Gasteiger partial charge in [0.1, 0.15) is 17.2 Å². The highest BCUT2D eigenvalue weighted by Crippen LogP contribution is 2.31. The summed E-state index contributed by atoms with van der Waals surface area (Å²) < 4.78 is 15.6. The number of thioether (sulfide) groups is 1. The molecule has 0 fully saturated rings. The number of hydrogen-bond acceptors (Lipinski definition) is 5. The van der Waals surface area contributed by atoms with E-state index in [1.807, 2.05) is 31.2 Å². The van der Waals surface area contributed by atoms with Crippen LogP contribution >= 0.6 is 11.8 Å². The van der Waals surface area contributed by atoms with Crippen LogP contribution < -0.4 is 19.5 Å². The number of ether oxygens (including phenoxy) is 3. The quantitative estimate of drug-likeness (QED) is 0.772. The molecule has 0 aromatic heterocycles. The zero-order chi connectivity index (χ0) is 17.5. The Morgan fingerprint density at radius 2 is 1.58 bits per heavy atom. The topological polar surface area (TPSA) is 56.8 Å². The molecule has 0 spiro atoms. The summed E-state index contributed by atoms with van der Waals surface area (Å²) in [6, 6.07) is 12.9. The normalized spacial score (nSPS) is 11.5. The monoisotopic (exact) mass is 347 g/mol. The highest BCUT2D eigenvalue weighted by molar-refractivity contribution is 8.00. The number of anilines is 1. The van der Waals surface area contributed by atoms with Crippen LogP contribution in [0.1, 0.15) is 6.92 Å². The van der Waals surface area contributed by atoms with Gasteiger partial charge in [-0.1, -0.05) is 0 Å². The van der Waals surface area contributed by atoms with Crippen molar-refractivity contribution >= 4 is 23.4 Å². The number of rotatable bonds is 7. The van der Waals surface area contributed by atoms with Gasteiger partial charge in [0.15, 0.2) is 0 Å². The molecule has 2 aromatic carbocycles. The van der Waals surface area contributed by atoms with Gasteiger partial charge < -0.3 is 19.5 Å². The number of amides is 1. The second kappa shape index (κ2) is 8.49. The number of methoxy groups -OCH3 is 3. The minimum absolute atomic E-state index is 0.109. The van der Waals surface area contributed by atoms with Crippen LogP contribution in [0.3, 0.4) is 0 Å². The molecule has 0 radical (unpaired) electrons. The van der Waals surface area contributed by atoms with Crippen molar-refractivity contribution < 1.29 is 19.0 Å². The van der Waals surface area contributed by atoms with E-state index < -0.39 is 0 Å². The first-order valence-electron chi connectivity index (χ1n) is 7.41. The minimum atomic E-state index is -0.269. The van der Waals surface area contributed by atoms with Gasteiger partial charge in [0.2, 0.25) is 5.91 Å². The average Bonchev–Trinajstić information content (AvgIpc) is 2.62. The van der Waals surface area contributed by atoms with Crippen LogP contribution in [0.2, 0.25) is 0 Å². The van der Waals surface area contributed by atoms with E-state index in [0.717, 1.165) is 10.6 Å². The smallest absolute Gasteiger partial charge is 0.237 e. The molecule has 0 heterocycles. The summed E-state index contributed by atoms with van der Waals surface area (Å²) in [6.45, 7) is 1.86. The zero-order valence-corrected chi connectivity index (χ0v) is 15.0. The second-order valence-corrected chi connectivity index (χ2v) is 6.41. The maximum absolute atomic E-state index is 12.5. The van der Waals surface area contributed by atoms with Crippen molar-refractivity contribution in [3.8, 4) is 17.2 Å². The zero-order valence-electron chi connectivity index (χ0n) is 14.2. The molecule has 6 heteroatoms. The Morgan fingerprint density at radius 1 is 0.958 bits per heavy atom. The Labute approximate surface area is 146 Å². The molecule has 1 atom stereocenters. The van der Waals surface area contributed by atoms with Crippen molar-refractivity contribution in [3.05, 3.63) is 42.5 Å². The van der Waals surface area contributed by atoms with Crippen molar-refractivity contribution in [3.63, 3.8) is 0 Å². The van der Waals surface area contributed by atoms with E-state index in [2.05, 4.69) is 5.32 Å². The average molecular weight is 347 g/mol. The molecule has 0 unspecified atom stereocenters. The van der Waals surface area contributed by atoms with Gasteiger partial charge in [0.25, 0.3) is 0 Å². The molecular weight excluding hydrogens is 326 g/mol. The summed E-state index contributed by atoms with van der Waals surface area (Å²) in [5, 5.41) is 2.62. The van der Waals surface area contributed by atoms with Crippen LogP contribution in [-0.4, -0.2) is 32.5 Å². The Kier molecular flexibility index (Phi) is 6.37. The fourth-order valence-corrected chi connectivity index (χ4v) is 2.93. The van der Waals surface area contributed by atoms with Gasteiger partial charge >= 0.3 is 0 Å². The van der Waals surface area contributed by atoms with Gasteiger partial charge in [-0.15, -0.1) is 11.8 Å². The third-order valence-corrected chi connectivity index (χ3v) is 4.52. The molecule has 0 aliphatic rings. The predicted octanol–water partition coefficient (Wildman–Crippen LogP) is 3.83. The molecule has 0 aliphatic carbocycles. The Morgan fingerprint density at radius 3 is 2.17 bits per heavy atom. The largest absolute Gasteiger partial charge is 0.497 e. The summed E-state index contributed by atoms with van der Waals surface area (Å²) in [7, 11) is 4.77. The summed E-state index contributed by atoms with van der Waals surface area (Å²) in [6.07, 6.45) is 0. The molecular formula is C18H21NO4S. The number of benzene rings is 2. The highest BCUT2D eigenvalue weighted by atomic mass is 32.2. The molecule has 128 valence electrons. The van der Waals surface area contributed by atoms with Gasteiger partial charge in [-0.05, 0) is 43.3 Å². The molecule has 5 nitrogen and oxygen atoms in total. The molecule has 2 rings (SSSR count). The van der Waals surface area contributed by atoms with Crippen molar-refractivity contribution in [2.45, 2.75) is 17.1 Å². The van der Waals surface area contributed by atoms with Crippen molar-refractivity contribution in [1.82, 2.24) is 0 Å². The Bertz CT molecular complexity index is 688. The molecule has 0 saturated heterocycles. The van der Waals surface area contributed by atoms with E-state index in [4.69, 9.17) is 14.2 Å². The van der Waals surface area contributed by atoms with Crippen LogP contribution in [-0.2, 0) is 4.79 Å². The molecule has 0 bridgehead atoms. The number of carbonyl (C=O) groups excluding carboxylic acids is 1. The lowest BCUT2D eigenvalue weighted by atomic mass is 10.2. The van der Waals surface area contributed by atoms with Crippen LogP contribution in [0, 0.1) is 0 Å². The van der Waals surface area contributed by atoms with E-state index in [9.17, 15) is 4.79 Å². The van der Waals surface area contributed by atoms with Gasteiger partial charge in [-0.3, -0.25) is 4.79 Å². The fourth-order valence-electron chi connectivity index (χ4n) is 2.06. The lowest BCUT2D eigenvalue weighted by Crippen LogP contribution is -2.22. The summed E-state index contributed by atoms with van der Waals surface area (Å²) in [4.78, 5) is 13.5. The first kappa shape index (κ1) is 18.0. The molecule has 24 heavy (non-hydrogen) atoms. The lowest BCUT2D eigenvalue weighted by Gasteiger charge is -2.15. The standard InChI is InChI=1S/C18H21NO4S/c1-12(24-15-8-5-13(21-2)6-9-15)18(20)19-16-11-14(22-3)7-10-17(16)23-4/h5-12H,1-4H3,(H,19,20)/t12-/m1/s1. The van der Waals surface area contributed by atoms with Gasteiger partial charge in [0.05, 0.1) is 32.3 Å². The fraction of sp³-hybridized carbons (Fsp3) is 0.278. The first-order valence-corrected chi connectivity index (χ1v) is 8.29. The minimum Gasteiger partial charge on any atom is -0.497 e. The third kappa shape index (κ3) is 4.58. The van der Waals surface area contributed by atoms with Crippen LogP contribution in [0.4, 0.5) is 5.69 Å². The van der Waals surface area contributed by atoms with E-state index in [0.29, 0.717) is 17.2 Å². The van der Waals surface area contributed by atoms with Crippen molar-refractivity contribution in [2.75, 3.05) is 26.6 Å². The van der Waals surface area contributed by atoms with Crippen LogP contribution in [0.5, 0.6) is 17.2 Å². The lowest BCUT2D eigenvalue weighted by molar-refractivity contribution is -0.115. The molecule has 0 saturated carbocycles. The maximum Gasteiger partial charge on any atom is 0.237 e. The number of hydrogen-bond donors (Lipinski definition) is 1. The molecule has 2 aromatic rings. The SMILES string of the molecule is COc1ccc(S[C@H](C)C(=O)Nc2cc(OC)ccc2OC)cc1. The molecule has 0 aliphatic heterocycles. The van der Waals surface area contributed by atoms with E-state index >= 15 is 0 Å². The van der Waals surface area contributed by atoms with Crippen molar-refractivity contribution in [1.29, 1.82) is 0 Å². The second-order valence-electron chi connectivity index (χ2n) is 4.99. The summed E-state index contributed by atoms with van der Waals surface area (Å²) >= 11 is 1.47. The van der Waals surface area contributed by atoms with Crippen molar-refractivity contribution in [2.24, 2.45) is 0 Å². The Hall–Kier alpha value is -2.34. The summed E-state index contributed by atoms with van der Waals surface area (Å²) in [5.74, 6) is 1.92. The Balaban J connectivity index is 2.05. The predicted molar refractivity (Wildman–Crippen MR) is 96.5 cm³/mol. The van der Waals surface area contributed by atoms with Gasteiger partial charge in [-0.25, -0.2) is 0 Å². The first-order chi connectivity index (χ1) is 11.6. The molecule has 1 N–H and O–H groups in total. The maximum atomic E-state index is 12.5. The van der Waals surface area contributed by atoms with Crippen LogP contribution in [0.15, 0.2) is 47.4 Å². The number of nitrogens with one attached hydrogen (secondary N) is 1. The summed E-state index contributed by atoms with van der Waals surface area (Å²) in [5.41, 5.74) is 0.587. The highest BCUT2D eigenvalue weighted by Gasteiger charge is 2.17. The number of carbonyl (C=O) groups is 1. The molecule has 1 amide bonds. The van der Waals surface area contributed by atoms with Gasteiger partial charge in [-0.2, -0.15) is 0 Å². The van der Waals surface area contributed by atoms with E-state index in [1.54, 1.807) is 39.5 Å². The third-order valence-electron chi connectivity index (χ3n) is 3.41. The van der Waals surface area contributed by atoms with Gasteiger partial charge in [0, 0.05) is 11.0 Å².